The zero-order valence-corrected chi connectivity index (χ0v) is 13.2. The van der Waals surface area contributed by atoms with Gasteiger partial charge >= 0.3 is 11.8 Å². The molecule has 0 aromatic carbocycles. The van der Waals surface area contributed by atoms with Gasteiger partial charge in [0.25, 0.3) is 0 Å². The molecule has 2 aromatic rings. The minimum Gasteiger partial charge on any atom is -0.416 e. The van der Waals surface area contributed by atoms with Crippen LogP contribution in [0, 0.1) is 13.8 Å². The van der Waals surface area contributed by atoms with Crippen molar-refractivity contribution in [3.05, 3.63) is 28.7 Å². The van der Waals surface area contributed by atoms with Crippen LogP contribution in [0.15, 0.2) is 4.42 Å². The minimum absolute atomic E-state index is 0.0226. The maximum Gasteiger partial charge on any atom is 0.309 e. The Balaban J connectivity index is 2.13. The molecule has 0 aliphatic heterocycles. The van der Waals surface area contributed by atoms with Crippen molar-refractivity contribution in [3.8, 4) is 0 Å². The fourth-order valence-corrected chi connectivity index (χ4v) is 2.15. The number of H-pyrrole nitrogens is 1. The normalized spacial score (nSPS) is 13.2. The van der Waals surface area contributed by atoms with Crippen LogP contribution in [0.25, 0.3) is 0 Å². The van der Waals surface area contributed by atoms with Crippen LogP contribution in [0.3, 0.4) is 0 Å². The second kappa shape index (κ2) is 5.31. The van der Waals surface area contributed by atoms with Crippen LogP contribution in [0.5, 0.6) is 0 Å². The molecular formula is C14H21N5O2. The molecule has 0 fully saturated rings. The van der Waals surface area contributed by atoms with Gasteiger partial charge in [-0.2, -0.15) is 5.10 Å². The lowest BCUT2D eigenvalue weighted by molar-refractivity contribution is 0.0901. The van der Waals surface area contributed by atoms with Gasteiger partial charge in [-0.3, -0.25) is 9.89 Å². The summed E-state index contributed by atoms with van der Waals surface area (Å²) >= 11 is 0. The molecule has 0 aliphatic rings. The molecule has 0 saturated heterocycles. The SMILES string of the molecule is Cc1n[nH]c(C)c1C(C)NC(=O)c1nnc(C(C)(C)C)o1. The summed E-state index contributed by atoms with van der Waals surface area (Å²) in [5.74, 6) is 0.0343. The van der Waals surface area contributed by atoms with Crippen molar-refractivity contribution < 1.29 is 9.21 Å². The highest BCUT2D eigenvalue weighted by molar-refractivity contribution is 5.89. The molecule has 2 aromatic heterocycles. The van der Waals surface area contributed by atoms with Gasteiger partial charge in [0.1, 0.15) is 0 Å². The van der Waals surface area contributed by atoms with Crippen molar-refractivity contribution in [2.45, 2.75) is 53.0 Å². The zero-order valence-electron chi connectivity index (χ0n) is 13.2. The first-order valence-electron chi connectivity index (χ1n) is 6.86. The smallest absolute Gasteiger partial charge is 0.309 e. The molecule has 0 radical (unpaired) electrons. The van der Waals surface area contributed by atoms with E-state index in [1.54, 1.807) is 0 Å². The zero-order chi connectivity index (χ0) is 15.8. The van der Waals surface area contributed by atoms with E-state index in [-0.39, 0.29) is 23.3 Å². The molecule has 0 bridgehead atoms. The number of amides is 1. The third kappa shape index (κ3) is 3.12. The number of aromatic amines is 1. The highest BCUT2D eigenvalue weighted by Crippen LogP contribution is 2.22. The van der Waals surface area contributed by atoms with Crippen LogP contribution in [-0.2, 0) is 5.41 Å². The maximum atomic E-state index is 12.2. The Hall–Kier alpha value is -2.18. The number of nitrogens with one attached hydrogen (secondary N) is 2. The van der Waals surface area contributed by atoms with Crippen molar-refractivity contribution in [1.29, 1.82) is 0 Å². The lowest BCUT2D eigenvalue weighted by Crippen LogP contribution is -2.27. The first-order chi connectivity index (χ1) is 9.70. The van der Waals surface area contributed by atoms with Crippen LogP contribution >= 0.6 is 0 Å². The largest absolute Gasteiger partial charge is 0.416 e. The Labute approximate surface area is 123 Å². The van der Waals surface area contributed by atoms with Crippen molar-refractivity contribution in [1.82, 2.24) is 25.7 Å². The van der Waals surface area contributed by atoms with Gasteiger partial charge in [-0.05, 0) is 20.8 Å². The fourth-order valence-electron chi connectivity index (χ4n) is 2.15. The lowest BCUT2D eigenvalue weighted by Gasteiger charge is -2.13. The van der Waals surface area contributed by atoms with Crippen LogP contribution in [0.1, 0.15) is 67.3 Å². The van der Waals surface area contributed by atoms with Gasteiger partial charge < -0.3 is 9.73 Å². The van der Waals surface area contributed by atoms with Crippen LogP contribution in [-0.4, -0.2) is 26.3 Å². The van der Waals surface area contributed by atoms with Crippen LogP contribution in [0.4, 0.5) is 0 Å². The number of aryl methyl sites for hydroxylation is 2. The fraction of sp³-hybridized carbons (Fsp3) is 0.571. The van der Waals surface area contributed by atoms with Crippen molar-refractivity contribution >= 4 is 5.91 Å². The van der Waals surface area contributed by atoms with Crippen molar-refractivity contribution in [2.75, 3.05) is 0 Å². The number of rotatable bonds is 3. The Kier molecular flexibility index (Phi) is 3.85. The van der Waals surface area contributed by atoms with Gasteiger partial charge in [0, 0.05) is 16.7 Å². The second-order valence-corrected chi connectivity index (χ2v) is 6.21. The third-order valence-corrected chi connectivity index (χ3v) is 3.23. The summed E-state index contributed by atoms with van der Waals surface area (Å²) in [6, 6.07) is -0.193. The first kappa shape index (κ1) is 15.2. The van der Waals surface area contributed by atoms with Gasteiger partial charge in [0.2, 0.25) is 5.89 Å². The Morgan fingerprint density at radius 1 is 1.29 bits per heavy atom. The summed E-state index contributed by atoms with van der Waals surface area (Å²) in [4.78, 5) is 12.2. The van der Waals surface area contributed by atoms with Crippen molar-refractivity contribution in [2.24, 2.45) is 0 Å². The van der Waals surface area contributed by atoms with Crippen LogP contribution in [0.2, 0.25) is 0 Å². The molecule has 1 atom stereocenters. The van der Waals surface area contributed by atoms with E-state index in [2.05, 4.69) is 25.7 Å². The Bertz CT molecular complexity index is 631. The molecule has 2 heterocycles. The third-order valence-electron chi connectivity index (χ3n) is 3.23. The molecule has 2 N–H and O–H groups in total. The van der Waals surface area contributed by atoms with Gasteiger partial charge in [-0.15, -0.1) is 10.2 Å². The van der Waals surface area contributed by atoms with E-state index in [9.17, 15) is 4.79 Å². The van der Waals surface area contributed by atoms with E-state index >= 15 is 0 Å². The van der Waals surface area contributed by atoms with E-state index in [1.165, 1.54) is 0 Å². The molecule has 7 heteroatoms. The Morgan fingerprint density at radius 3 is 2.43 bits per heavy atom. The average molecular weight is 291 g/mol. The van der Waals surface area contributed by atoms with Gasteiger partial charge in [-0.1, -0.05) is 20.8 Å². The van der Waals surface area contributed by atoms with Gasteiger partial charge in [0.15, 0.2) is 0 Å². The highest BCUT2D eigenvalue weighted by atomic mass is 16.4. The topological polar surface area (TPSA) is 96.7 Å². The molecule has 1 unspecified atom stereocenters. The number of carbonyl (C=O) groups is 1. The van der Waals surface area contributed by atoms with E-state index in [0.717, 1.165) is 17.0 Å². The Morgan fingerprint density at radius 2 is 1.95 bits per heavy atom. The monoisotopic (exact) mass is 291 g/mol. The van der Waals surface area contributed by atoms with Gasteiger partial charge in [0.05, 0.1) is 11.7 Å². The van der Waals surface area contributed by atoms with E-state index in [1.807, 2.05) is 41.5 Å². The predicted octanol–water partition coefficient (Wildman–Crippen LogP) is 2.20. The standard InChI is InChI=1S/C14H21N5O2/c1-7(10-8(2)16-17-9(10)3)15-11(20)12-18-19-13(21-12)14(4,5)6/h7H,1-6H3,(H,15,20)(H,16,17). The van der Waals surface area contributed by atoms with E-state index in [4.69, 9.17) is 4.42 Å². The van der Waals surface area contributed by atoms with Gasteiger partial charge in [-0.25, -0.2) is 0 Å². The number of aromatic nitrogens is 4. The summed E-state index contributed by atoms with van der Waals surface area (Å²) in [6.07, 6.45) is 0. The molecule has 21 heavy (non-hydrogen) atoms. The number of nitrogens with zero attached hydrogens (tertiary/aromatic N) is 3. The number of carbonyl (C=O) groups excluding carboxylic acids is 1. The summed E-state index contributed by atoms with van der Waals surface area (Å²) < 4.78 is 5.43. The maximum absolute atomic E-state index is 12.2. The molecular weight excluding hydrogens is 270 g/mol. The summed E-state index contributed by atoms with van der Waals surface area (Å²) in [5.41, 5.74) is 2.48. The van der Waals surface area contributed by atoms with E-state index < -0.39 is 0 Å². The summed E-state index contributed by atoms with van der Waals surface area (Å²) in [6.45, 7) is 11.5. The predicted molar refractivity (Wildman–Crippen MR) is 76.9 cm³/mol. The van der Waals surface area contributed by atoms with Crippen LogP contribution < -0.4 is 5.32 Å². The van der Waals surface area contributed by atoms with Crippen molar-refractivity contribution in [3.63, 3.8) is 0 Å². The molecule has 114 valence electrons. The minimum atomic E-state index is -0.384. The summed E-state index contributed by atoms with van der Waals surface area (Å²) in [7, 11) is 0. The molecule has 0 saturated carbocycles. The molecule has 7 nitrogen and oxygen atoms in total. The molecule has 1 amide bonds. The second-order valence-electron chi connectivity index (χ2n) is 6.21. The molecule has 0 aliphatic carbocycles. The quantitative estimate of drug-likeness (QED) is 0.903. The lowest BCUT2D eigenvalue weighted by atomic mass is 9.97. The number of hydrogen-bond acceptors (Lipinski definition) is 5. The molecule has 0 spiro atoms. The average Bonchev–Trinajstić information content (AvgIpc) is 2.96. The van der Waals surface area contributed by atoms with E-state index in [0.29, 0.717) is 5.89 Å². The highest BCUT2D eigenvalue weighted by Gasteiger charge is 2.25. The number of hydrogen-bond donors (Lipinski definition) is 2. The molecule has 2 rings (SSSR count). The first-order valence-corrected chi connectivity index (χ1v) is 6.86. The summed E-state index contributed by atoms with van der Waals surface area (Å²) in [5, 5.41) is 17.6.